The molecule has 2 N–H and O–H groups in total. The molecule has 290 valence electrons. The van der Waals surface area contributed by atoms with Crippen LogP contribution in [0.1, 0.15) is 52.0 Å². The molecular weight excluding hydrogens is 736 g/mol. The maximum Gasteiger partial charge on any atom is 0.409 e. The van der Waals surface area contributed by atoms with E-state index in [9.17, 15) is 19.5 Å². The maximum atomic E-state index is 14.1. The van der Waals surface area contributed by atoms with Gasteiger partial charge in [-0.1, -0.05) is 57.0 Å². The lowest BCUT2D eigenvalue weighted by Gasteiger charge is -2.59. The van der Waals surface area contributed by atoms with E-state index in [2.05, 4.69) is 5.32 Å². The van der Waals surface area contributed by atoms with Crippen molar-refractivity contribution in [3.05, 3.63) is 46.5 Å². The molecule has 52 heavy (non-hydrogen) atoms. The third-order valence-corrected chi connectivity index (χ3v) is 11.9. The van der Waals surface area contributed by atoms with Gasteiger partial charge in [-0.15, -0.1) is 0 Å². The molecule has 7 atom stereocenters. The second-order valence-electron chi connectivity index (χ2n) is 13.6. The van der Waals surface area contributed by atoms with E-state index in [1.165, 1.54) is 26.2 Å². The van der Waals surface area contributed by atoms with Gasteiger partial charge in [-0.25, -0.2) is 9.59 Å². The molecule has 1 aromatic carbocycles. The number of ether oxygens (including phenoxy) is 7. The van der Waals surface area contributed by atoms with Crippen LogP contribution in [0, 0.1) is 0 Å². The van der Waals surface area contributed by atoms with Crippen LogP contribution >= 0.6 is 33.2 Å². The molecular formula is C36H51ClN2O11S2. The summed E-state index contributed by atoms with van der Waals surface area (Å²) in [5, 5.41) is 14.5. The topological polar surface area (TPSA) is 151 Å². The van der Waals surface area contributed by atoms with Crippen LogP contribution in [0.3, 0.4) is 0 Å². The average molecular weight is 787 g/mol. The lowest BCUT2D eigenvalue weighted by atomic mass is 9.72. The Kier molecular flexibility index (Phi) is 14.8. The summed E-state index contributed by atoms with van der Waals surface area (Å²) >= 11 is 6.76. The van der Waals surface area contributed by atoms with Gasteiger partial charge in [0.25, 0.3) is 0 Å². The number of esters is 1. The molecule has 13 nitrogen and oxygen atoms in total. The predicted molar refractivity (Wildman–Crippen MR) is 201 cm³/mol. The monoisotopic (exact) mass is 786 g/mol. The number of rotatable bonds is 12. The molecule has 1 aromatic rings. The van der Waals surface area contributed by atoms with Gasteiger partial charge >= 0.3 is 12.1 Å². The molecule has 2 amide bonds. The SMILES string of the molecule is COc1cc2cc(c1Cl)N(C)C(=O)C[C@H](OC(=O)C(COCCCSSC)OC)[C@@]1(C)CC(C)(O1)C1C[C@@](O)(NC(=O)O1)[C@H](OC)/C=C/C=C(\C)C2. The molecule has 0 radical (unpaired) electrons. The number of carbonyl (C=O) groups is 3. The number of fused-ring (bicyclic) bond motifs is 6. The van der Waals surface area contributed by atoms with Crippen molar-refractivity contribution in [3.63, 3.8) is 0 Å². The van der Waals surface area contributed by atoms with Crippen LogP contribution in [-0.2, 0) is 44.4 Å². The van der Waals surface area contributed by atoms with Crippen molar-refractivity contribution < 1.29 is 52.6 Å². The van der Waals surface area contributed by atoms with Crippen LogP contribution in [0.2, 0.25) is 5.02 Å². The normalized spacial score (nSPS) is 31.7. The summed E-state index contributed by atoms with van der Waals surface area (Å²) in [6, 6.07) is 3.61. The largest absolute Gasteiger partial charge is 0.495 e. The molecule has 3 unspecified atom stereocenters. The number of halogens is 1. The van der Waals surface area contributed by atoms with Crippen LogP contribution in [0.25, 0.3) is 0 Å². The van der Waals surface area contributed by atoms with Gasteiger partial charge in [-0.2, -0.15) is 0 Å². The summed E-state index contributed by atoms with van der Waals surface area (Å²) in [4.78, 5) is 41.9. The van der Waals surface area contributed by atoms with E-state index in [1.807, 2.05) is 25.3 Å². The van der Waals surface area contributed by atoms with E-state index in [0.29, 0.717) is 24.5 Å². The summed E-state index contributed by atoms with van der Waals surface area (Å²) < 4.78 is 40.6. The second-order valence-corrected chi connectivity index (χ2v) is 16.7. The zero-order chi connectivity index (χ0) is 38.3. The zero-order valence-corrected chi connectivity index (χ0v) is 33.4. The number of amides is 2. The van der Waals surface area contributed by atoms with E-state index >= 15 is 0 Å². The van der Waals surface area contributed by atoms with Gasteiger partial charge in [-0.3, -0.25) is 10.1 Å². The van der Waals surface area contributed by atoms with Gasteiger partial charge in [-0.05, 0) is 57.6 Å². The summed E-state index contributed by atoms with van der Waals surface area (Å²) in [6.45, 7) is 5.80. The highest BCUT2D eigenvalue weighted by Gasteiger charge is 2.63. The Hall–Kier alpha value is -2.50. The number of allylic oxidation sites excluding steroid dienone is 3. The highest BCUT2D eigenvalue weighted by Crippen LogP contribution is 2.50. The van der Waals surface area contributed by atoms with Crippen LogP contribution < -0.4 is 15.0 Å². The first-order chi connectivity index (χ1) is 24.6. The molecule has 5 rings (SSSR count). The van der Waals surface area contributed by atoms with Crippen molar-refractivity contribution in [3.8, 4) is 5.75 Å². The number of carbonyl (C=O) groups excluding carboxylic acids is 3. The first-order valence-corrected chi connectivity index (χ1v) is 20.1. The van der Waals surface area contributed by atoms with Crippen molar-refractivity contribution in [1.82, 2.24) is 5.32 Å². The average Bonchev–Trinajstić information content (AvgIpc) is 3.08. The van der Waals surface area contributed by atoms with E-state index in [0.717, 1.165) is 23.3 Å². The first kappa shape index (κ1) is 42.2. The molecule has 0 saturated carbocycles. The molecule has 2 fully saturated rings. The van der Waals surface area contributed by atoms with Crippen molar-refractivity contribution in [2.75, 3.05) is 58.5 Å². The van der Waals surface area contributed by atoms with Crippen molar-refractivity contribution in [1.29, 1.82) is 0 Å². The van der Waals surface area contributed by atoms with Crippen molar-refractivity contribution in [2.24, 2.45) is 0 Å². The molecule has 2 saturated heterocycles. The standard InChI is InChI=1S/C36H51ClN2O11S2/c1-22-11-9-12-27(46-7)36(43)19-29(49-33(42)38-36)35(3)21-34(2,50-35)28(48-32(41)26(45-6)20-47-13-10-14-52-51-8)18-30(40)39(4)24-16-23(15-22)17-25(44-5)31(24)37/h9,11-12,16-17,26-29,43H,10,13-15,18-21H2,1-8H3,(H,38,42)/b12-9+,22-11+/t26?,27-,28+,29?,34-,35?,36+/m1/s1. The van der Waals surface area contributed by atoms with Gasteiger partial charge < -0.3 is 43.2 Å². The number of alkyl carbamates (subject to hydrolysis) is 1. The van der Waals surface area contributed by atoms with Crippen molar-refractivity contribution >= 4 is 56.8 Å². The van der Waals surface area contributed by atoms with E-state index < -0.39 is 59.3 Å². The molecule has 0 spiro atoms. The Bertz CT molecular complexity index is 1500. The third-order valence-electron chi connectivity index (χ3n) is 9.57. The van der Waals surface area contributed by atoms with E-state index in [1.54, 1.807) is 60.7 Å². The molecule has 4 heterocycles. The highest BCUT2D eigenvalue weighted by atomic mass is 35.5. The van der Waals surface area contributed by atoms with Crippen LogP contribution in [-0.4, -0.2) is 118 Å². The number of anilines is 1. The van der Waals surface area contributed by atoms with Gasteiger partial charge in [0.1, 0.15) is 40.3 Å². The number of methoxy groups -OCH3 is 3. The Morgan fingerprint density at radius 2 is 1.94 bits per heavy atom. The molecule has 6 bridgehead atoms. The minimum absolute atomic E-state index is 0.0378. The van der Waals surface area contributed by atoms with Crippen LogP contribution in [0.5, 0.6) is 5.75 Å². The quantitative estimate of drug-likeness (QED) is 0.162. The highest BCUT2D eigenvalue weighted by molar-refractivity contribution is 8.76. The summed E-state index contributed by atoms with van der Waals surface area (Å²) in [6.07, 6.45) is 3.51. The van der Waals surface area contributed by atoms with E-state index in [4.69, 9.17) is 44.8 Å². The predicted octanol–water partition coefficient (Wildman–Crippen LogP) is 5.24. The van der Waals surface area contributed by atoms with Gasteiger partial charge in [0.05, 0.1) is 25.8 Å². The van der Waals surface area contributed by atoms with Crippen LogP contribution in [0.15, 0.2) is 35.9 Å². The van der Waals surface area contributed by atoms with E-state index in [-0.39, 0.29) is 30.9 Å². The number of hydrogen-bond acceptors (Lipinski definition) is 13. The van der Waals surface area contributed by atoms with Crippen molar-refractivity contribution in [2.45, 2.75) is 94.2 Å². The lowest BCUT2D eigenvalue weighted by Crippen LogP contribution is -2.72. The maximum absolute atomic E-state index is 14.1. The number of nitrogens with zero attached hydrogens (tertiary/aromatic N) is 1. The number of aliphatic hydroxyl groups is 1. The van der Waals surface area contributed by atoms with Crippen LogP contribution in [0.4, 0.5) is 10.5 Å². The Balaban J connectivity index is 1.71. The Labute approximate surface area is 318 Å². The Morgan fingerprint density at radius 1 is 1.21 bits per heavy atom. The molecule has 4 aliphatic rings. The number of nitrogens with one attached hydrogen (secondary N) is 1. The summed E-state index contributed by atoms with van der Waals surface area (Å²) in [5.41, 5.74) is -2.00. The zero-order valence-electron chi connectivity index (χ0n) is 31.0. The van der Waals surface area contributed by atoms with Gasteiger partial charge in [0.2, 0.25) is 5.91 Å². The lowest BCUT2D eigenvalue weighted by molar-refractivity contribution is -0.329. The molecule has 0 aromatic heterocycles. The Morgan fingerprint density at radius 3 is 2.60 bits per heavy atom. The molecule has 0 aliphatic carbocycles. The summed E-state index contributed by atoms with van der Waals surface area (Å²) in [7, 11) is 9.30. The minimum Gasteiger partial charge on any atom is -0.495 e. The first-order valence-electron chi connectivity index (χ1n) is 17.0. The van der Waals surface area contributed by atoms with Gasteiger partial charge in [0, 0.05) is 46.5 Å². The number of hydrogen-bond donors (Lipinski definition) is 2. The number of benzene rings is 1. The third kappa shape index (κ3) is 9.97. The fourth-order valence-corrected chi connectivity index (χ4v) is 8.41. The molecule has 16 heteroatoms. The fourth-order valence-electron chi connectivity index (χ4n) is 6.84. The summed E-state index contributed by atoms with van der Waals surface area (Å²) in [5.74, 6) is 0.153. The molecule has 4 aliphatic heterocycles. The fraction of sp³-hybridized carbons (Fsp3) is 0.639. The van der Waals surface area contributed by atoms with Gasteiger partial charge in [0.15, 0.2) is 11.8 Å². The smallest absolute Gasteiger partial charge is 0.409 e. The second kappa shape index (κ2) is 18.2. The minimum atomic E-state index is -1.84.